The van der Waals surface area contributed by atoms with Gasteiger partial charge in [0.25, 0.3) is 0 Å². The summed E-state index contributed by atoms with van der Waals surface area (Å²) in [6, 6.07) is 0. The van der Waals surface area contributed by atoms with E-state index in [0.717, 1.165) is 0 Å². The molecule has 9 N–H and O–H groups in total. The van der Waals surface area contributed by atoms with Gasteiger partial charge in [-0.05, 0) is 6.92 Å². The molecule has 0 bridgehead atoms. The smallest absolute Gasteiger partial charge is 0.187 e. The predicted octanol–water partition coefficient (Wildman–Crippen LogP) is -4.39. The topological polar surface area (TPSA) is 181 Å². The quantitative estimate of drug-likeness (QED) is 0.264. The van der Waals surface area contributed by atoms with E-state index in [1.807, 2.05) is 0 Å². The molecule has 2 aliphatic rings. The summed E-state index contributed by atoms with van der Waals surface area (Å²) in [5, 5.41) is 50.0. The summed E-state index contributed by atoms with van der Waals surface area (Å²) < 4.78 is 16.2. The molecule has 0 spiro atoms. The van der Waals surface area contributed by atoms with E-state index in [2.05, 4.69) is 0 Å². The van der Waals surface area contributed by atoms with Gasteiger partial charge in [0.1, 0.15) is 42.7 Å². The Balaban J connectivity index is 2.11. The van der Waals surface area contributed by atoms with E-state index in [1.165, 1.54) is 0 Å². The number of hydrogen-bond donors (Lipinski definition) is 7. The normalized spacial score (nSPS) is 51.7. The average molecular weight is 338 g/mol. The molecule has 10 atom stereocenters. The highest BCUT2D eigenvalue weighted by Crippen LogP contribution is 2.28. The minimum Gasteiger partial charge on any atom is -0.388 e. The lowest BCUT2D eigenvalue weighted by Gasteiger charge is -2.45. The lowest BCUT2D eigenvalue weighted by Crippen LogP contribution is -2.64. The van der Waals surface area contributed by atoms with Crippen LogP contribution in [0.3, 0.4) is 0 Å². The summed E-state index contributed by atoms with van der Waals surface area (Å²) in [7, 11) is 0. The van der Waals surface area contributed by atoms with Gasteiger partial charge in [0.15, 0.2) is 6.29 Å². The molecule has 2 aliphatic heterocycles. The Labute approximate surface area is 133 Å². The molecule has 0 aromatic carbocycles. The zero-order valence-electron chi connectivity index (χ0n) is 12.8. The maximum absolute atomic E-state index is 10.2. The highest BCUT2D eigenvalue weighted by molar-refractivity contribution is 4.95. The lowest BCUT2D eigenvalue weighted by molar-refractivity contribution is -0.335. The molecule has 10 nitrogen and oxygen atoms in total. The van der Waals surface area contributed by atoms with Gasteiger partial charge >= 0.3 is 0 Å². The minimum absolute atomic E-state index is 0.0128. The van der Waals surface area contributed by atoms with Gasteiger partial charge in [0.05, 0.1) is 12.2 Å². The molecule has 2 rings (SSSR count). The van der Waals surface area contributed by atoms with E-state index < -0.39 is 61.2 Å². The van der Waals surface area contributed by atoms with E-state index >= 15 is 0 Å². The third-order valence-corrected chi connectivity index (χ3v) is 4.35. The van der Waals surface area contributed by atoms with Crippen molar-refractivity contribution in [3.8, 4) is 0 Å². The van der Waals surface area contributed by atoms with Gasteiger partial charge in [0.2, 0.25) is 0 Å². The van der Waals surface area contributed by atoms with Crippen LogP contribution >= 0.6 is 0 Å². The standard InChI is InChI=1S/C13H26N2O8/c1-4-7(16)12(9(18)6(3-15)21-4)23-13-11(20)10(19)8(17)5(2-14)22-13/h4-13,16-20H,2-3,14-15H2,1H3/t4-,5-,6-,7+,8-,9-,10+,11-,12-,13?/m1/s1. The molecule has 0 aliphatic carbocycles. The van der Waals surface area contributed by atoms with E-state index in [0.29, 0.717) is 0 Å². The van der Waals surface area contributed by atoms with Gasteiger partial charge in [-0.2, -0.15) is 0 Å². The van der Waals surface area contributed by atoms with Crippen LogP contribution in [0, 0.1) is 0 Å². The first kappa shape index (κ1) is 18.9. The number of ether oxygens (including phenoxy) is 3. The molecule has 2 heterocycles. The van der Waals surface area contributed by atoms with E-state index in [4.69, 9.17) is 25.7 Å². The number of hydrogen-bond acceptors (Lipinski definition) is 10. The van der Waals surface area contributed by atoms with Gasteiger partial charge in [0, 0.05) is 13.1 Å². The molecule has 0 saturated carbocycles. The Morgan fingerprint density at radius 3 is 1.91 bits per heavy atom. The van der Waals surface area contributed by atoms with Crippen LogP contribution in [0.25, 0.3) is 0 Å². The van der Waals surface area contributed by atoms with Crippen LogP contribution in [0.5, 0.6) is 0 Å². The molecule has 2 saturated heterocycles. The Bertz CT molecular complexity index is 387. The second kappa shape index (κ2) is 7.66. The predicted molar refractivity (Wildman–Crippen MR) is 76.0 cm³/mol. The first-order valence-corrected chi connectivity index (χ1v) is 7.58. The Morgan fingerprint density at radius 2 is 1.35 bits per heavy atom. The molecule has 0 amide bonds. The molecule has 136 valence electrons. The van der Waals surface area contributed by atoms with Crippen LogP contribution < -0.4 is 11.5 Å². The van der Waals surface area contributed by atoms with Crippen LogP contribution in [-0.2, 0) is 14.2 Å². The van der Waals surface area contributed by atoms with Gasteiger partial charge in [-0.25, -0.2) is 0 Å². The molecule has 1 unspecified atom stereocenters. The van der Waals surface area contributed by atoms with Gasteiger partial charge in [-0.1, -0.05) is 0 Å². The van der Waals surface area contributed by atoms with Crippen LogP contribution in [0.2, 0.25) is 0 Å². The van der Waals surface area contributed by atoms with Crippen molar-refractivity contribution in [1.29, 1.82) is 0 Å². The fraction of sp³-hybridized carbons (Fsp3) is 1.00. The summed E-state index contributed by atoms with van der Waals surface area (Å²) in [5.41, 5.74) is 11.0. The third-order valence-electron chi connectivity index (χ3n) is 4.35. The highest BCUT2D eigenvalue weighted by Gasteiger charge is 2.49. The first-order chi connectivity index (χ1) is 10.8. The van der Waals surface area contributed by atoms with Crippen LogP contribution in [0.4, 0.5) is 0 Å². The molecule has 0 aromatic rings. The molecule has 0 aromatic heterocycles. The molecule has 2 fully saturated rings. The van der Waals surface area contributed by atoms with Crippen LogP contribution in [0.15, 0.2) is 0 Å². The zero-order chi connectivity index (χ0) is 17.3. The van der Waals surface area contributed by atoms with Crippen molar-refractivity contribution in [3.05, 3.63) is 0 Å². The van der Waals surface area contributed by atoms with Gasteiger partial charge in [-0.3, -0.25) is 0 Å². The fourth-order valence-electron chi connectivity index (χ4n) is 2.85. The van der Waals surface area contributed by atoms with Crippen molar-refractivity contribution in [2.24, 2.45) is 11.5 Å². The van der Waals surface area contributed by atoms with Crippen LogP contribution in [0.1, 0.15) is 6.92 Å². The van der Waals surface area contributed by atoms with Crippen molar-refractivity contribution >= 4 is 0 Å². The Kier molecular flexibility index (Phi) is 6.30. The second-order valence-electron chi connectivity index (χ2n) is 5.95. The number of aliphatic hydroxyl groups is 5. The highest BCUT2D eigenvalue weighted by atomic mass is 16.7. The number of nitrogens with two attached hydrogens (primary N) is 2. The summed E-state index contributed by atoms with van der Waals surface area (Å²) >= 11 is 0. The van der Waals surface area contributed by atoms with E-state index in [1.54, 1.807) is 6.92 Å². The largest absolute Gasteiger partial charge is 0.388 e. The summed E-state index contributed by atoms with van der Waals surface area (Å²) in [5.74, 6) is 0. The van der Waals surface area contributed by atoms with E-state index in [-0.39, 0.29) is 13.1 Å². The number of rotatable bonds is 4. The van der Waals surface area contributed by atoms with Crippen molar-refractivity contribution in [2.45, 2.75) is 68.1 Å². The second-order valence-corrected chi connectivity index (χ2v) is 5.95. The van der Waals surface area contributed by atoms with Gasteiger partial charge in [-0.15, -0.1) is 0 Å². The summed E-state index contributed by atoms with van der Waals surface area (Å²) in [6.45, 7) is 1.50. The molecular weight excluding hydrogens is 312 g/mol. The molecule has 23 heavy (non-hydrogen) atoms. The zero-order valence-corrected chi connectivity index (χ0v) is 12.8. The minimum atomic E-state index is -1.57. The third kappa shape index (κ3) is 3.66. The van der Waals surface area contributed by atoms with Crippen molar-refractivity contribution in [1.82, 2.24) is 0 Å². The maximum Gasteiger partial charge on any atom is 0.187 e. The number of aliphatic hydroxyl groups excluding tert-OH is 5. The monoisotopic (exact) mass is 338 g/mol. The maximum atomic E-state index is 10.2. The Hall–Kier alpha value is -0.400. The molecular formula is C13H26N2O8. The molecule has 0 radical (unpaired) electrons. The Morgan fingerprint density at radius 1 is 0.783 bits per heavy atom. The molecule has 10 heteroatoms. The van der Waals surface area contributed by atoms with Crippen molar-refractivity contribution in [2.75, 3.05) is 13.1 Å². The average Bonchev–Trinajstić information content (AvgIpc) is 2.54. The summed E-state index contributed by atoms with van der Waals surface area (Å²) in [6.07, 6.45) is -11.8. The van der Waals surface area contributed by atoms with Gasteiger partial charge < -0.3 is 51.2 Å². The fourth-order valence-corrected chi connectivity index (χ4v) is 2.85. The van der Waals surface area contributed by atoms with Crippen LogP contribution in [-0.4, -0.2) is 99.8 Å². The van der Waals surface area contributed by atoms with Crippen molar-refractivity contribution < 1.29 is 39.7 Å². The first-order valence-electron chi connectivity index (χ1n) is 7.58. The van der Waals surface area contributed by atoms with Crippen molar-refractivity contribution in [3.63, 3.8) is 0 Å². The van der Waals surface area contributed by atoms with E-state index in [9.17, 15) is 25.5 Å². The lowest BCUT2D eigenvalue weighted by atomic mass is 9.94. The SMILES string of the molecule is C[C@H]1O[C@H](CN)[C@@H](O)[C@H](OC2O[C@H](CN)[C@@H](O)[C@H](O)[C@H]2O)[C@H]1O. The summed E-state index contributed by atoms with van der Waals surface area (Å²) in [4.78, 5) is 0.